The van der Waals surface area contributed by atoms with Crippen molar-refractivity contribution in [1.82, 2.24) is 4.98 Å². The summed E-state index contributed by atoms with van der Waals surface area (Å²) in [5, 5.41) is 0.630. The number of para-hydroxylation sites is 2. The second kappa shape index (κ2) is 5.33. The van der Waals surface area contributed by atoms with E-state index in [1.54, 1.807) is 0 Å². The lowest BCUT2D eigenvalue weighted by Gasteiger charge is -2.07. The first-order valence-electron chi connectivity index (χ1n) is 6.81. The Labute approximate surface area is 126 Å². The highest BCUT2D eigenvalue weighted by molar-refractivity contribution is 7.99. The third-order valence-electron chi connectivity index (χ3n) is 3.20. The van der Waals surface area contributed by atoms with Crippen molar-refractivity contribution in [3.8, 4) is 11.5 Å². The van der Waals surface area contributed by atoms with Crippen LogP contribution in [-0.4, -0.2) is 18.2 Å². The molecular formula is C16H13NO3S. The largest absolute Gasteiger partial charge is 0.490 e. The maximum absolute atomic E-state index is 5.72. The normalized spacial score (nSPS) is 14.1. The summed E-state index contributed by atoms with van der Waals surface area (Å²) in [6.07, 6.45) is 0.905. The number of hydrogen-bond acceptors (Lipinski definition) is 5. The van der Waals surface area contributed by atoms with Crippen molar-refractivity contribution >= 4 is 22.9 Å². The van der Waals surface area contributed by atoms with E-state index in [9.17, 15) is 0 Å². The molecule has 4 nitrogen and oxygen atoms in total. The van der Waals surface area contributed by atoms with Gasteiger partial charge in [-0.25, -0.2) is 4.98 Å². The lowest BCUT2D eigenvalue weighted by molar-refractivity contribution is 0.297. The minimum absolute atomic E-state index is 0.630. The summed E-state index contributed by atoms with van der Waals surface area (Å²) in [5.74, 6) is 1.59. The Morgan fingerprint density at radius 1 is 0.952 bits per heavy atom. The van der Waals surface area contributed by atoms with Gasteiger partial charge in [0, 0.05) is 11.3 Å². The predicted octanol–water partition coefficient (Wildman–Crippen LogP) is 4.14. The summed E-state index contributed by atoms with van der Waals surface area (Å²) >= 11 is 1.48. The van der Waals surface area contributed by atoms with Gasteiger partial charge in [0.25, 0.3) is 5.22 Å². The molecular weight excluding hydrogens is 286 g/mol. The van der Waals surface area contributed by atoms with E-state index in [4.69, 9.17) is 13.9 Å². The van der Waals surface area contributed by atoms with Crippen LogP contribution >= 0.6 is 11.8 Å². The van der Waals surface area contributed by atoms with Gasteiger partial charge in [-0.15, -0.1) is 0 Å². The Bertz CT molecular complexity index is 751. The number of ether oxygens (including phenoxy) is 2. The van der Waals surface area contributed by atoms with Gasteiger partial charge in [0.1, 0.15) is 5.52 Å². The van der Waals surface area contributed by atoms with Crippen molar-refractivity contribution in [2.45, 2.75) is 16.5 Å². The molecule has 0 saturated heterocycles. The van der Waals surface area contributed by atoms with E-state index in [1.165, 1.54) is 11.8 Å². The van der Waals surface area contributed by atoms with Gasteiger partial charge in [0.2, 0.25) is 0 Å². The van der Waals surface area contributed by atoms with Crippen molar-refractivity contribution in [3.05, 3.63) is 42.5 Å². The van der Waals surface area contributed by atoms with Crippen molar-refractivity contribution in [2.75, 3.05) is 13.2 Å². The van der Waals surface area contributed by atoms with Crippen LogP contribution in [0.4, 0.5) is 0 Å². The molecule has 5 heteroatoms. The molecule has 0 aliphatic carbocycles. The van der Waals surface area contributed by atoms with E-state index in [0.29, 0.717) is 18.4 Å². The first kappa shape index (κ1) is 12.6. The molecule has 1 aliphatic heterocycles. The molecule has 0 amide bonds. The number of oxazole rings is 1. The predicted molar refractivity (Wildman–Crippen MR) is 80.2 cm³/mol. The van der Waals surface area contributed by atoms with Crippen molar-refractivity contribution in [3.63, 3.8) is 0 Å². The molecule has 0 N–H and O–H groups in total. The summed E-state index contributed by atoms with van der Waals surface area (Å²) in [6.45, 7) is 1.38. The second-order valence-electron chi connectivity index (χ2n) is 4.71. The zero-order valence-corrected chi connectivity index (χ0v) is 12.1. The Kier molecular flexibility index (Phi) is 3.20. The van der Waals surface area contributed by atoms with E-state index >= 15 is 0 Å². The van der Waals surface area contributed by atoms with Gasteiger partial charge in [-0.1, -0.05) is 12.1 Å². The van der Waals surface area contributed by atoms with Gasteiger partial charge in [0.05, 0.1) is 13.2 Å². The first-order valence-corrected chi connectivity index (χ1v) is 7.63. The SMILES string of the molecule is c1ccc2oc(Sc3ccc4c(c3)OCCCO4)nc2c1. The Morgan fingerprint density at radius 2 is 1.81 bits per heavy atom. The zero-order valence-electron chi connectivity index (χ0n) is 11.2. The molecule has 0 bridgehead atoms. The molecule has 2 aromatic carbocycles. The Morgan fingerprint density at radius 3 is 2.71 bits per heavy atom. The lowest BCUT2D eigenvalue weighted by Crippen LogP contribution is -1.97. The van der Waals surface area contributed by atoms with Gasteiger partial charge < -0.3 is 13.9 Å². The quantitative estimate of drug-likeness (QED) is 0.711. The maximum atomic E-state index is 5.72. The molecule has 0 fully saturated rings. The van der Waals surface area contributed by atoms with E-state index in [2.05, 4.69) is 4.98 Å². The van der Waals surface area contributed by atoms with Gasteiger partial charge in [-0.05, 0) is 42.1 Å². The molecule has 0 unspecified atom stereocenters. The third-order valence-corrected chi connectivity index (χ3v) is 4.04. The van der Waals surface area contributed by atoms with Gasteiger partial charge >= 0.3 is 0 Å². The summed E-state index contributed by atoms with van der Waals surface area (Å²) in [4.78, 5) is 5.48. The molecule has 3 aromatic rings. The number of rotatable bonds is 2. The molecule has 106 valence electrons. The van der Waals surface area contributed by atoms with Crippen LogP contribution < -0.4 is 9.47 Å². The Hall–Kier alpha value is -2.14. The van der Waals surface area contributed by atoms with Crippen LogP contribution in [0.1, 0.15) is 6.42 Å². The number of hydrogen-bond donors (Lipinski definition) is 0. The first-order chi connectivity index (χ1) is 10.4. The van der Waals surface area contributed by atoms with Gasteiger partial charge in [0.15, 0.2) is 17.1 Å². The van der Waals surface area contributed by atoms with Crippen molar-refractivity contribution in [1.29, 1.82) is 0 Å². The molecule has 0 spiro atoms. The van der Waals surface area contributed by atoms with E-state index in [-0.39, 0.29) is 0 Å². The van der Waals surface area contributed by atoms with E-state index in [1.807, 2.05) is 42.5 Å². The highest BCUT2D eigenvalue weighted by atomic mass is 32.2. The van der Waals surface area contributed by atoms with Gasteiger partial charge in [-0.2, -0.15) is 0 Å². The summed E-state index contributed by atoms with van der Waals surface area (Å²) < 4.78 is 17.0. The van der Waals surface area contributed by atoms with E-state index in [0.717, 1.165) is 33.9 Å². The van der Waals surface area contributed by atoms with Crippen LogP contribution in [0.2, 0.25) is 0 Å². The monoisotopic (exact) mass is 299 g/mol. The molecule has 4 rings (SSSR count). The maximum Gasteiger partial charge on any atom is 0.261 e. The molecule has 1 aromatic heterocycles. The average Bonchev–Trinajstić information content (AvgIpc) is 2.75. The summed E-state index contributed by atoms with van der Waals surface area (Å²) in [7, 11) is 0. The molecule has 0 radical (unpaired) electrons. The molecule has 0 saturated carbocycles. The smallest absolute Gasteiger partial charge is 0.261 e. The average molecular weight is 299 g/mol. The highest BCUT2D eigenvalue weighted by Gasteiger charge is 2.13. The zero-order chi connectivity index (χ0) is 14.1. The fraction of sp³-hybridized carbons (Fsp3) is 0.188. The third kappa shape index (κ3) is 2.56. The van der Waals surface area contributed by atoms with Crippen molar-refractivity contribution < 1.29 is 13.9 Å². The fourth-order valence-corrected chi connectivity index (χ4v) is 2.98. The van der Waals surface area contributed by atoms with Crippen LogP contribution in [0.3, 0.4) is 0 Å². The molecule has 1 aliphatic rings. The molecule has 21 heavy (non-hydrogen) atoms. The van der Waals surface area contributed by atoms with E-state index < -0.39 is 0 Å². The molecule has 0 atom stereocenters. The van der Waals surface area contributed by atoms with Crippen LogP contribution in [0.25, 0.3) is 11.1 Å². The number of fused-ring (bicyclic) bond motifs is 2. The Balaban J connectivity index is 1.63. The van der Waals surface area contributed by atoms with Crippen LogP contribution in [0.15, 0.2) is 57.0 Å². The second-order valence-corrected chi connectivity index (χ2v) is 5.73. The van der Waals surface area contributed by atoms with Crippen LogP contribution in [-0.2, 0) is 0 Å². The number of benzene rings is 2. The minimum Gasteiger partial charge on any atom is -0.490 e. The van der Waals surface area contributed by atoms with Crippen molar-refractivity contribution in [2.24, 2.45) is 0 Å². The lowest BCUT2D eigenvalue weighted by atomic mass is 10.3. The number of nitrogens with zero attached hydrogens (tertiary/aromatic N) is 1. The summed E-state index contributed by atoms with van der Waals surface area (Å²) in [5.41, 5.74) is 1.67. The standard InChI is InChI=1S/C16H13NO3S/c1-2-5-13-12(4-1)17-16(20-13)21-11-6-7-14-15(10-11)19-9-3-8-18-14/h1-2,4-7,10H,3,8-9H2. The fourth-order valence-electron chi connectivity index (χ4n) is 2.20. The summed E-state index contributed by atoms with van der Waals surface area (Å²) in [6, 6.07) is 13.7. The molecule has 2 heterocycles. The minimum atomic E-state index is 0.630. The number of aromatic nitrogens is 1. The van der Waals surface area contributed by atoms with Crippen LogP contribution in [0.5, 0.6) is 11.5 Å². The van der Waals surface area contributed by atoms with Crippen LogP contribution in [0, 0.1) is 0 Å². The van der Waals surface area contributed by atoms with Gasteiger partial charge in [-0.3, -0.25) is 0 Å². The topological polar surface area (TPSA) is 44.5 Å². The highest BCUT2D eigenvalue weighted by Crippen LogP contribution is 2.37.